The first kappa shape index (κ1) is 14.1. The molecule has 5 heteroatoms. The predicted octanol–water partition coefficient (Wildman–Crippen LogP) is 1.95. The van der Waals surface area contributed by atoms with E-state index < -0.39 is 0 Å². The lowest BCUT2D eigenvalue weighted by atomic mass is 10.2. The number of likely N-dealkylation sites (tertiary alicyclic amines) is 1. The second-order valence-corrected chi connectivity index (χ2v) is 5.15. The molecule has 2 rings (SSSR count). The molecular weight excluding hydrogens is 258 g/mol. The van der Waals surface area contributed by atoms with Gasteiger partial charge < -0.3 is 9.80 Å². The fourth-order valence-electron chi connectivity index (χ4n) is 2.60. The molecule has 0 spiro atoms. The van der Waals surface area contributed by atoms with E-state index in [9.17, 15) is 4.79 Å². The number of allylic oxidation sites excluding steroid dienone is 3. The average molecular weight is 279 g/mol. The molecule has 0 unspecified atom stereocenters. The maximum Gasteiger partial charge on any atom is 0.276 e. The van der Waals surface area contributed by atoms with Gasteiger partial charge in [0.15, 0.2) is 5.11 Å². The fourth-order valence-corrected chi connectivity index (χ4v) is 2.91. The van der Waals surface area contributed by atoms with Crippen molar-refractivity contribution in [1.82, 2.24) is 14.7 Å². The molecule has 2 heterocycles. The Labute approximate surface area is 120 Å². The van der Waals surface area contributed by atoms with Gasteiger partial charge in [0, 0.05) is 32.4 Å². The lowest BCUT2D eigenvalue weighted by Crippen LogP contribution is -2.29. The molecular formula is C14H21N3OS. The van der Waals surface area contributed by atoms with Gasteiger partial charge in [-0.25, -0.2) is 0 Å². The molecule has 2 aliphatic heterocycles. The Morgan fingerprint density at radius 3 is 2.63 bits per heavy atom. The lowest BCUT2D eigenvalue weighted by molar-refractivity contribution is -0.121. The summed E-state index contributed by atoms with van der Waals surface area (Å²) in [6.45, 7) is 7.04. The highest BCUT2D eigenvalue weighted by molar-refractivity contribution is 7.80. The van der Waals surface area contributed by atoms with E-state index in [0.29, 0.717) is 10.8 Å². The summed E-state index contributed by atoms with van der Waals surface area (Å²) in [6.07, 6.45) is 6.30. The second-order valence-electron chi connectivity index (χ2n) is 4.78. The molecule has 2 fully saturated rings. The van der Waals surface area contributed by atoms with Crippen LogP contribution in [0, 0.1) is 0 Å². The van der Waals surface area contributed by atoms with E-state index in [4.69, 9.17) is 12.2 Å². The number of thiocarbonyl (C=S) groups is 1. The summed E-state index contributed by atoms with van der Waals surface area (Å²) in [7, 11) is 1.73. The summed E-state index contributed by atoms with van der Waals surface area (Å²) in [4.78, 5) is 17.9. The van der Waals surface area contributed by atoms with Gasteiger partial charge >= 0.3 is 0 Å². The van der Waals surface area contributed by atoms with Gasteiger partial charge in [-0.3, -0.25) is 9.69 Å². The molecule has 104 valence electrons. The van der Waals surface area contributed by atoms with Gasteiger partial charge in [0.2, 0.25) is 0 Å². The zero-order chi connectivity index (χ0) is 14.0. The number of nitrogens with zero attached hydrogens (tertiary/aromatic N) is 3. The second kappa shape index (κ2) is 5.74. The Morgan fingerprint density at radius 2 is 2.00 bits per heavy atom. The zero-order valence-electron chi connectivity index (χ0n) is 11.8. The molecule has 0 bridgehead atoms. The summed E-state index contributed by atoms with van der Waals surface area (Å²) in [5.74, 6) is -0.00949. The van der Waals surface area contributed by atoms with Crippen LogP contribution in [0.5, 0.6) is 0 Å². The zero-order valence-corrected chi connectivity index (χ0v) is 12.7. The van der Waals surface area contributed by atoms with Crippen LogP contribution in [0.4, 0.5) is 0 Å². The van der Waals surface area contributed by atoms with Crippen molar-refractivity contribution in [3.05, 3.63) is 23.5 Å². The van der Waals surface area contributed by atoms with E-state index in [-0.39, 0.29) is 5.91 Å². The molecule has 0 atom stereocenters. The number of hydrogen-bond acceptors (Lipinski definition) is 3. The number of hydrogen-bond donors (Lipinski definition) is 0. The highest BCUT2D eigenvalue weighted by atomic mass is 32.1. The van der Waals surface area contributed by atoms with Crippen LogP contribution in [0.3, 0.4) is 0 Å². The third-order valence-corrected chi connectivity index (χ3v) is 4.23. The minimum atomic E-state index is -0.00949. The summed E-state index contributed by atoms with van der Waals surface area (Å²) in [6, 6.07) is 0. The predicted molar refractivity (Wildman–Crippen MR) is 80.4 cm³/mol. The van der Waals surface area contributed by atoms with E-state index in [0.717, 1.165) is 26.1 Å². The van der Waals surface area contributed by atoms with Crippen molar-refractivity contribution in [2.24, 2.45) is 0 Å². The minimum absolute atomic E-state index is 0.00949. The Bertz CT molecular complexity index is 456. The van der Waals surface area contributed by atoms with E-state index >= 15 is 0 Å². The Morgan fingerprint density at radius 1 is 1.26 bits per heavy atom. The molecule has 0 aliphatic carbocycles. The van der Waals surface area contributed by atoms with E-state index in [1.165, 1.54) is 17.0 Å². The molecule has 19 heavy (non-hydrogen) atoms. The van der Waals surface area contributed by atoms with Gasteiger partial charge in [-0.05, 0) is 51.1 Å². The first-order chi connectivity index (χ1) is 9.10. The highest BCUT2D eigenvalue weighted by Gasteiger charge is 2.33. The van der Waals surface area contributed by atoms with Crippen molar-refractivity contribution in [2.45, 2.75) is 26.7 Å². The molecule has 0 N–H and O–H groups in total. The van der Waals surface area contributed by atoms with Crippen LogP contribution in [0.2, 0.25) is 0 Å². The Kier molecular flexibility index (Phi) is 4.24. The molecule has 4 nitrogen and oxygen atoms in total. The molecule has 2 aliphatic rings. The lowest BCUT2D eigenvalue weighted by Gasteiger charge is -2.17. The van der Waals surface area contributed by atoms with Crippen molar-refractivity contribution >= 4 is 23.2 Å². The largest absolute Gasteiger partial charge is 0.375 e. The maximum atomic E-state index is 12.1. The summed E-state index contributed by atoms with van der Waals surface area (Å²) >= 11 is 5.27. The highest BCUT2D eigenvalue weighted by Crippen LogP contribution is 2.23. The quantitative estimate of drug-likeness (QED) is 0.583. The SMILES string of the molecule is CCN1CCCC1=CC=C1C(=O)N(C)C(=S)N1CC. The van der Waals surface area contributed by atoms with Crippen LogP contribution in [-0.2, 0) is 4.79 Å². The molecule has 0 radical (unpaired) electrons. The molecule has 2 saturated heterocycles. The normalized spacial score (nSPS) is 24.5. The van der Waals surface area contributed by atoms with Crippen LogP contribution in [0.15, 0.2) is 23.5 Å². The number of rotatable bonds is 3. The van der Waals surface area contributed by atoms with Crippen LogP contribution in [0.25, 0.3) is 0 Å². The van der Waals surface area contributed by atoms with E-state index in [1.807, 2.05) is 17.9 Å². The van der Waals surface area contributed by atoms with E-state index in [2.05, 4.69) is 17.9 Å². The summed E-state index contributed by atoms with van der Waals surface area (Å²) in [5, 5.41) is 0.593. The van der Waals surface area contributed by atoms with Crippen LogP contribution in [0.1, 0.15) is 26.7 Å². The number of carbonyl (C=O) groups excluding carboxylic acids is 1. The van der Waals surface area contributed by atoms with Crippen LogP contribution in [-0.4, -0.2) is 52.4 Å². The standard InChI is InChI=1S/C14H21N3OS/c1-4-16-10-6-7-11(16)8-9-12-13(18)15(3)14(19)17(12)5-2/h8-9H,4-7,10H2,1-3H3. The van der Waals surface area contributed by atoms with Crippen molar-refractivity contribution < 1.29 is 4.79 Å². The minimum Gasteiger partial charge on any atom is -0.375 e. The summed E-state index contributed by atoms with van der Waals surface area (Å²) in [5.41, 5.74) is 2.00. The first-order valence-electron chi connectivity index (χ1n) is 6.85. The topological polar surface area (TPSA) is 26.8 Å². The smallest absolute Gasteiger partial charge is 0.276 e. The van der Waals surface area contributed by atoms with Gasteiger partial charge in [0.05, 0.1) is 0 Å². The number of likely N-dealkylation sites (N-methyl/N-ethyl adjacent to an activating group) is 2. The molecule has 0 aromatic heterocycles. The van der Waals surface area contributed by atoms with Crippen molar-refractivity contribution in [3.63, 3.8) is 0 Å². The molecule has 1 amide bonds. The van der Waals surface area contributed by atoms with Crippen LogP contribution < -0.4 is 0 Å². The van der Waals surface area contributed by atoms with Gasteiger partial charge in [0.25, 0.3) is 5.91 Å². The van der Waals surface area contributed by atoms with Crippen molar-refractivity contribution in [1.29, 1.82) is 0 Å². The van der Waals surface area contributed by atoms with Crippen molar-refractivity contribution in [2.75, 3.05) is 26.7 Å². The monoisotopic (exact) mass is 279 g/mol. The van der Waals surface area contributed by atoms with E-state index in [1.54, 1.807) is 7.05 Å². The Hall–Kier alpha value is -1.36. The summed E-state index contributed by atoms with van der Waals surface area (Å²) < 4.78 is 0. The third-order valence-electron chi connectivity index (χ3n) is 3.73. The Balaban J connectivity index is 2.25. The molecule has 0 saturated carbocycles. The third kappa shape index (κ3) is 2.52. The average Bonchev–Trinajstić information content (AvgIpc) is 2.95. The fraction of sp³-hybridized carbons (Fsp3) is 0.571. The van der Waals surface area contributed by atoms with Crippen LogP contribution >= 0.6 is 12.2 Å². The molecule has 0 aromatic rings. The van der Waals surface area contributed by atoms with Gasteiger partial charge in [-0.15, -0.1) is 0 Å². The maximum absolute atomic E-state index is 12.1. The van der Waals surface area contributed by atoms with Gasteiger partial charge in [-0.2, -0.15) is 0 Å². The van der Waals surface area contributed by atoms with Gasteiger partial charge in [-0.1, -0.05) is 0 Å². The first-order valence-corrected chi connectivity index (χ1v) is 7.26. The van der Waals surface area contributed by atoms with Gasteiger partial charge in [0.1, 0.15) is 5.70 Å². The number of carbonyl (C=O) groups is 1. The number of amides is 1. The molecule has 0 aromatic carbocycles. The van der Waals surface area contributed by atoms with Crippen molar-refractivity contribution in [3.8, 4) is 0 Å².